The zero-order valence-corrected chi connectivity index (χ0v) is 20.2. The molecule has 3 aromatic rings. The van der Waals surface area contributed by atoms with Crippen molar-refractivity contribution in [2.24, 2.45) is 0 Å². The molecule has 0 aliphatic carbocycles. The molecule has 3 aliphatic rings. The maximum absolute atomic E-state index is 6.46. The molecule has 8 nitrogen and oxygen atoms in total. The topological polar surface area (TPSA) is 52.0 Å². The number of hydrogen-bond acceptors (Lipinski definition) is 7. The van der Waals surface area contributed by atoms with E-state index in [2.05, 4.69) is 86.3 Å². The fourth-order valence-electron chi connectivity index (χ4n) is 5.49. The van der Waals surface area contributed by atoms with Gasteiger partial charge in [0.05, 0.1) is 23.1 Å². The number of hydrazine groups is 1. The highest BCUT2D eigenvalue weighted by Crippen LogP contribution is 2.43. The molecule has 0 bridgehead atoms. The fraction of sp³-hybridized carbons (Fsp3) is 0.500. The highest BCUT2D eigenvalue weighted by molar-refractivity contribution is 5.81. The molecule has 1 N–H and O–H groups in total. The van der Waals surface area contributed by atoms with Crippen LogP contribution in [0, 0.1) is 0 Å². The second-order valence-electron chi connectivity index (χ2n) is 9.72. The molecule has 180 valence electrons. The minimum atomic E-state index is -0.112. The van der Waals surface area contributed by atoms with Gasteiger partial charge >= 0.3 is 0 Å². The van der Waals surface area contributed by atoms with Gasteiger partial charge < -0.3 is 15.0 Å². The van der Waals surface area contributed by atoms with E-state index < -0.39 is 0 Å². The largest absolute Gasteiger partial charge is 0.489 e. The van der Waals surface area contributed by atoms with Crippen LogP contribution in [0.25, 0.3) is 10.9 Å². The van der Waals surface area contributed by atoms with Crippen LogP contribution in [0.2, 0.25) is 0 Å². The summed E-state index contributed by atoms with van der Waals surface area (Å²) in [5, 5.41) is 14.6. The molecule has 4 heterocycles. The van der Waals surface area contributed by atoms with E-state index in [0.717, 1.165) is 68.0 Å². The number of likely N-dealkylation sites (tertiary alicyclic amines) is 1. The zero-order valence-electron chi connectivity index (χ0n) is 20.2. The van der Waals surface area contributed by atoms with E-state index in [9.17, 15) is 0 Å². The van der Waals surface area contributed by atoms with E-state index >= 15 is 0 Å². The van der Waals surface area contributed by atoms with Crippen molar-refractivity contribution in [3.8, 4) is 5.75 Å². The van der Waals surface area contributed by atoms with Crippen LogP contribution < -0.4 is 15.1 Å². The molecule has 6 rings (SSSR count). The number of aromatic nitrogens is 2. The number of fused-ring (bicyclic) bond motifs is 2. The number of nitrogens with zero attached hydrogens (tertiary/aromatic N) is 6. The number of hydrogen-bond donors (Lipinski definition) is 1. The summed E-state index contributed by atoms with van der Waals surface area (Å²) in [5.41, 5.74) is 3.41. The number of nitrogens with one attached hydrogen (secondary N) is 1. The highest BCUT2D eigenvalue weighted by Gasteiger charge is 2.37. The van der Waals surface area contributed by atoms with Gasteiger partial charge in [0.1, 0.15) is 11.9 Å². The van der Waals surface area contributed by atoms with Crippen molar-refractivity contribution >= 4 is 22.3 Å². The first-order chi connectivity index (χ1) is 16.7. The molecule has 0 radical (unpaired) electrons. The summed E-state index contributed by atoms with van der Waals surface area (Å²) in [4.78, 5) is 4.87. The van der Waals surface area contributed by atoms with Crippen molar-refractivity contribution < 1.29 is 4.74 Å². The van der Waals surface area contributed by atoms with Crippen LogP contribution >= 0.6 is 0 Å². The summed E-state index contributed by atoms with van der Waals surface area (Å²) < 4.78 is 8.57. The van der Waals surface area contributed by atoms with E-state index in [1.807, 2.05) is 6.20 Å². The minimum Gasteiger partial charge on any atom is -0.489 e. The third-order valence-corrected chi connectivity index (χ3v) is 7.46. The Bertz CT molecular complexity index is 1140. The van der Waals surface area contributed by atoms with E-state index in [0.29, 0.717) is 0 Å². The molecule has 0 saturated carbocycles. The number of benzene rings is 2. The second-order valence-corrected chi connectivity index (χ2v) is 9.72. The van der Waals surface area contributed by atoms with Crippen LogP contribution in [-0.4, -0.2) is 83.6 Å². The molecule has 8 heteroatoms. The lowest BCUT2D eigenvalue weighted by atomic mass is 10.1. The SMILES string of the molecule is CCN1CCCC(Oc2ccc3c(c2)NC(n2ncc4ccccc42)N3N2CCN(C)CC2)C1. The first-order valence-corrected chi connectivity index (χ1v) is 12.6. The van der Waals surface area contributed by atoms with Crippen LogP contribution in [0.3, 0.4) is 0 Å². The van der Waals surface area contributed by atoms with Crippen LogP contribution in [0.4, 0.5) is 11.4 Å². The molecule has 1 aromatic heterocycles. The Morgan fingerprint density at radius 1 is 1.06 bits per heavy atom. The average molecular weight is 462 g/mol. The van der Waals surface area contributed by atoms with Crippen molar-refractivity contribution in [3.05, 3.63) is 48.7 Å². The summed E-state index contributed by atoms with van der Waals surface area (Å²) >= 11 is 0. The molecule has 2 saturated heterocycles. The molecule has 2 aromatic carbocycles. The van der Waals surface area contributed by atoms with Gasteiger partial charge in [0.15, 0.2) is 0 Å². The molecule has 2 unspecified atom stereocenters. The summed E-state index contributed by atoms with van der Waals surface area (Å²) in [6.07, 6.45) is 4.43. The highest BCUT2D eigenvalue weighted by atomic mass is 16.5. The maximum Gasteiger partial charge on any atom is 0.212 e. The number of rotatable bonds is 5. The number of piperazine rings is 1. The molecule has 0 amide bonds. The van der Waals surface area contributed by atoms with Gasteiger partial charge in [-0.25, -0.2) is 9.69 Å². The number of para-hydroxylation sites is 1. The predicted octanol–water partition coefficient (Wildman–Crippen LogP) is 3.45. The van der Waals surface area contributed by atoms with Crippen LogP contribution in [-0.2, 0) is 0 Å². The molecular weight excluding hydrogens is 426 g/mol. The Hall–Kier alpha value is -2.81. The van der Waals surface area contributed by atoms with Gasteiger partial charge in [-0.05, 0) is 51.2 Å². The van der Waals surface area contributed by atoms with Crippen LogP contribution in [0.15, 0.2) is 48.7 Å². The van der Waals surface area contributed by atoms with Gasteiger partial charge in [-0.2, -0.15) is 5.10 Å². The smallest absolute Gasteiger partial charge is 0.212 e. The quantitative estimate of drug-likeness (QED) is 0.625. The normalized spacial score (nSPS) is 24.4. The number of likely N-dealkylation sites (N-methyl/N-ethyl adjacent to an activating group) is 2. The molecule has 2 fully saturated rings. The number of ether oxygens (including phenoxy) is 1. The Labute approximate surface area is 201 Å². The number of piperidine rings is 1. The molecule has 0 spiro atoms. The summed E-state index contributed by atoms with van der Waals surface area (Å²) in [6.45, 7) is 9.59. The molecule has 2 atom stereocenters. The van der Waals surface area contributed by atoms with Gasteiger partial charge in [0.25, 0.3) is 0 Å². The van der Waals surface area contributed by atoms with Crippen molar-refractivity contribution in [2.45, 2.75) is 32.2 Å². The predicted molar refractivity (Wildman–Crippen MR) is 136 cm³/mol. The van der Waals surface area contributed by atoms with Gasteiger partial charge in [0, 0.05) is 44.2 Å². The minimum absolute atomic E-state index is 0.112. The van der Waals surface area contributed by atoms with Crippen molar-refractivity contribution in [2.75, 3.05) is 63.2 Å². The Balaban J connectivity index is 1.31. The lowest BCUT2D eigenvalue weighted by Gasteiger charge is -2.41. The van der Waals surface area contributed by atoms with E-state index in [4.69, 9.17) is 9.84 Å². The molecule has 3 aliphatic heterocycles. The standard InChI is InChI=1S/C26H35N7O/c1-3-30-12-6-8-22(19-30)34-21-10-11-25-23(17-21)28-26(33(25)31-15-13-29(2)14-16-31)32-24-9-5-4-7-20(24)18-27-32/h4-5,7,9-11,17-18,22,26,28H,3,6,8,12-16,19H2,1-2H3. The third-order valence-electron chi connectivity index (χ3n) is 7.46. The van der Waals surface area contributed by atoms with E-state index in [-0.39, 0.29) is 12.4 Å². The van der Waals surface area contributed by atoms with E-state index in [1.54, 1.807) is 0 Å². The number of anilines is 2. The van der Waals surface area contributed by atoms with Crippen LogP contribution in [0.1, 0.15) is 26.1 Å². The fourth-order valence-corrected chi connectivity index (χ4v) is 5.49. The average Bonchev–Trinajstić information content (AvgIpc) is 3.46. The summed E-state index contributed by atoms with van der Waals surface area (Å²) in [5.74, 6) is 0.943. The molecule has 34 heavy (non-hydrogen) atoms. The van der Waals surface area contributed by atoms with Gasteiger partial charge in [-0.15, -0.1) is 0 Å². The first kappa shape index (κ1) is 21.7. The second kappa shape index (κ2) is 9.09. The first-order valence-electron chi connectivity index (χ1n) is 12.6. The lowest BCUT2D eigenvalue weighted by molar-refractivity contribution is 0.0920. The molecular formula is C26H35N7O. The monoisotopic (exact) mass is 461 g/mol. The Kier molecular flexibility index (Phi) is 5.80. The van der Waals surface area contributed by atoms with Gasteiger partial charge in [0.2, 0.25) is 6.29 Å². The van der Waals surface area contributed by atoms with E-state index in [1.165, 1.54) is 18.7 Å². The third kappa shape index (κ3) is 4.00. The Morgan fingerprint density at radius 3 is 2.76 bits per heavy atom. The summed E-state index contributed by atoms with van der Waals surface area (Å²) in [7, 11) is 2.19. The van der Waals surface area contributed by atoms with Gasteiger partial charge in [-0.1, -0.05) is 25.1 Å². The van der Waals surface area contributed by atoms with Crippen molar-refractivity contribution in [1.29, 1.82) is 0 Å². The zero-order chi connectivity index (χ0) is 23.1. The van der Waals surface area contributed by atoms with Gasteiger partial charge in [-0.3, -0.25) is 9.91 Å². The van der Waals surface area contributed by atoms with Crippen LogP contribution in [0.5, 0.6) is 5.75 Å². The lowest BCUT2D eigenvalue weighted by Crippen LogP contribution is -2.54. The summed E-state index contributed by atoms with van der Waals surface area (Å²) in [6, 6.07) is 14.9. The van der Waals surface area contributed by atoms with Crippen molar-refractivity contribution in [3.63, 3.8) is 0 Å². The Morgan fingerprint density at radius 2 is 1.91 bits per heavy atom. The maximum atomic E-state index is 6.46. The van der Waals surface area contributed by atoms with Crippen molar-refractivity contribution in [1.82, 2.24) is 24.6 Å².